The number of carbonyl (C=O) groups excluding carboxylic acids is 1. The number of halogens is 2. The van der Waals surface area contributed by atoms with Crippen molar-refractivity contribution in [3.05, 3.63) is 33.5 Å². The summed E-state index contributed by atoms with van der Waals surface area (Å²) in [5, 5.41) is 13.6. The van der Waals surface area contributed by atoms with Crippen molar-refractivity contribution in [2.75, 3.05) is 25.1 Å². The lowest BCUT2D eigenvalue weighted by Gasteiger charge is -2.38. The molecule has 0 radical (unpaired) electrons. The Morgan fingerprint density at radius 3 is 2.64 bits per heavy atom. The highest BCUT2D eigenvalue weighted by Gasteiger charge is 2.33. The van der Waals surface area contributed by atoms with Gasteiger partial charge in [0.2, 0.25) is 0 Å². The monoisotopic (exact) mass is 429 g/mol. The number of carbonyl (C=O) groups is 1. The molecule has 2 atom stereocenters. The zero-order valence-corrected chi connectivity index (χ0v) is 17.8. The normalized spacial score (nSPS) is 20.5. The quantitative estimate of drug-likeness (QED) is 0.584. The van der Waals surface area contributed by atoms with Gasteiger partial charge in [0.15, 0.2) is 0 Å². The maximum absolute atomic E-state index is 12.6. The molecule has 2 aromatic heterocycles. The van der Waals surface area contributed by atoms with Gasteiger partial charge in [0.25, 0.3) is 5.91 Å². The summed E-state index contributed by atoms with van der Waals surface area (Å²) in [4.78, 5) is 25.0. The second-order valence-electron chi connectivity index (χ2n) is 7.52. The Balaban J connectivity index is 1.68. The van der Waals surface area contributed by atoms with Gasteiger partial charge < -0.3 is 30.0 Å². The van der Waals surface area contributed by atoms with Crippen molar-refractivity contribution in [1.29, 1.82) is 0 Å². The number of nitrogens with zero attached hydrogens (tertiary/aromatic N) is 2. The van der Waals surface area contributed by atoms with Crippen LogP contribution in [-0.2, 0) is 10.3 Å². The van der Waals surface area contributed by atoms with Crippen LogP contribution in [-0.4, -0.2) is 58.3 Å². The molecule has 0 aliphatic carbocycles. The summed E-state index contributed by atoms with van der Waals surface area (Å²) in [6.45, 7) is 6.36. The first-order chi connectivity index (χ1) is 13.1. The van der Waals surface area contributed by atoms with E-state index < -0.39 is 5.60 Å². The van der Waals surface area contributed by atoms with Crippen LogP contribution in [0.1, 0.15) is 42.3 Å². The van der Waals surface area contributed by atoms with Gasteiger partial charge in [0, 0.05) is 25.9 Å². The summed E-state index contributed by atoms with van der Waals surface area (Å²) in [5.74, 6) is 0.991. The predicted octanol–water partition coefficient (Wildman–Crippen LogP) is 2.60. The summed E-state index contributed by atoms with van der Waals surface area (Å²) in [6.07, 6.45) is 2.14. The first-order valence-electron chi connectivity index (χ1n) is 9.01. The first-order valence-corrected chi connectivity index (χ1v) is 9.77. The molecule has 0 spiro atoms. The van der Waals surface area contributed by atoms with E-state index in [1.165, 1.54) is 0 Å². The van der Waals surface area contributed by atoms with Crippen LogP contribution in [0, 0.1) is 6.92 Å². The van der Waals surface area contributed by atoms with Gasteiger partial charge >= 0.3 is 0 Å². The van der Waals surface area contributed by atoms with Gasteiger partial charge in [-0.05, 0) is 27.2 Å². The Kier molecular flexibility index (Phi) is 5.95. The van der Waals surface area contributed by atoms with Crippen LogP contribution in [0.3, 0.4) is 0 Å². The highest BCUT2D eigenvalue weighted by Crippen LogP contribution is 2.29. The molecule has 1 saturated heterocycles. The van der Waals surface area contributed by atoms with Gasteiger partial charge in [-0.1, -0.05) is 23.2 Å². The van der Waals surface area contributed by atoms with E-state index >= 15 is 0 Å². The zero-order chi connectivity index (χ0) is 20.6. The molecule has 154 valence electrons. The Labute approximate surface area is 173 Å². The minimum Gasteiger partial charge on any atom is -0.383 e. The summed E-state index contributed by atoms with van der Waals surface area (Å²) < 4.78 is 5.62. The summed E-state index contributed by atoms with van der Waals surface area (Å²) in [5.41, 5.74) is -0.137. The molecule has 3 rings (SSSR count). The van der Waals surface area contributed by atoms with Crippen molar-refractivity contribution in [3.8, 4) is 0 Å². The molecule has 1 fully saturated rings. The zero-order valence-electron chi connectivity index (χ0n) is 16.3. The number of rotatable bonds is 5. The smallest absolute Gasteiger partial charge is 0.269 e. The number of amides is 1. The topological polar surface area (TPSA) is 106 Å². The van der Waals surface area contributed by atoms with Crippen molar-refractivity contribution in [3.63, 3.8) is 0 Å². The fraction of sp³-hybridized carbons (Fsp3) is 0.556. The minimum absolute atomic E-state index is 0.177. The van der Waals surface area contributed by atoms with Gasteiger partial charge in [-0.3, -0.25) is 4.79 Å². The number of imidazole rings is 1. The second-order valence-corrected chi connectivity index (χ2v) is 8.27. The highest BCUT2D eigenvalue weighted by molar-refractivity contribution is 6.44. The molecule has 0 aromatic carbocycles. The molecular weight excluding hydrogens is 405 g/mol. The molecule has 4 N–H and O–H groups in total. The molecule has 1 unspecified atom stereocenters. The Morgan fingerprint density at radius 2 is 2.11 bits per heavy atom. The molecule has 1 aliphatic heterocycles. The predicted molar refractivity (Wildman–Crippen MR) is 108 cm³/mol. The number of aryl methyl sites for hydroxylation is 1. The van der Waals surface area contributed by atoms with Crippen LogP contribution in [0.15, 0.2) is 6.20 Å². The van der Waals surface area contributed by atoms with Gasteiger partial charge in [-0.15, -0.1) is 0 Å². The van der Waals surface area contributed by atoms with Gasteiger partial charge in [-0.25, -0.2) is 4.98 Å². The van der Waals surface area contributed by atoms with Gasteiger partial charge in [0.05, 0.1) is 28.4 Å². The van der Waals surface area contributed by atoms with E-state index in [-0.39, 0.29) is 28.8 Å². The van der Waals surface area contributed by atoms with E-state index in [9.17, 15) is 9.90 Å². The molecule has 0 saturated carbocycles. The number of hydrogen-bond donors (Lipinski definition) is 4. The molecular formula is C18H25Cl2N5O3. The van der Waals surface area contributed by atoms with Crippen LogP contribution in [0.4, 0.5) is 5.82 Å². The van der Waals surface area contributed by atoms with Gasteiger partial charge in [-0.2, -0.15) is 0 Å². The fourth-order valence-corrected chi connectivity index (χ4v) is 3.71. The van der Waals surface area contributed by atoms with Crippen molar-refractivity contribution >= 4 is 34.9 Å². The lowest BCUT2D eigenvalue weighted by molar-refractivity contribution is 0.0537. The van der Waals surface area contributed by atoms with E-state index in [2.05, 4.69) is 25.2 Å². The highest BCUT2D eigenvalue weighted by atomic mass is 35.5. The number of H-pyrrole nitrogens is 2. The Bertz CT molecular complexity index is 858. The number of methoxy groups -OCH3 is 1. The lowest BCUT2D eigenvalue weighted by Crippen LogP contribution is -2.55. The van der Waals surface area contributed by atoms with Gasteiger partial charge in [0.1, 0.15) is 22.9 Å². The third kappa shape index (κ3) is 4.15. The molecule has 3 heterocycles. The maximum Gasteiger partial charge on any atom is 0.269 e. The average molecular weight is 430 g/mol. The summed E-state index contributed by atoms with van der Waals surface area (Å²) >= 11 is 12.2. The average Bonchev–Trinajstić information content (AvgIpc) is 3.23. The van der Waals surface area contributed by atoms with E-state index in [0.717, 1.165) is 5.82 Å². The fourth-order valence-electron chi connectivity index (χ4n) is 3.29. The molecule has 28 heavy (non-hydrogen) atoms. The third-order valence-corrected chi connectivity index (χ3v) is 5.89. The molecule has 8 nitrogen and oxygen atoms in total. The van der Waals surface area contributed by atoms with Crippen molar-refractivity contribution in [1.82, 2.24) is 20.3 Å². The minimum atomic E-state index is -1.04. The Hall–Kier alpha value is -1.74. The number of aromatic amines is 2. The molecule has 0 bridgehead atoms. The third-order valence-electron chi connectivity index (χ3n) is 4.94. The van der Waals surface area contributed by atoms with E-state index in [1.54, 1.807) is 34.1 Å². The van der Waals surface area contributed by atoms with Crippen molar-refractivity contribution < 1.29 is 14.6 Å². The Morgan fingerprint density at radius 1 is 1.39 bits per heavy atom. The molecule has 10 heteroatoms. The second kappa shape index (κ2) is 7.94. The van der Waals surface area contributed by atoms with Crippen molar-refractivity contribution in [2.24, 2.45) is 0 Å². The van der Waals surface area contributed by atoms with Crippen LogP contribution >= 0.6 is 23.2 Å². The standard InChI is InChI=1S/C18H25Cl2N5O3/c1-9-13(19)14(20)15(22-9)16(26)23-10-5-6-25(8-11(10)28-4)12-7-21-17(24-12)18(2,3)27/h7,10-11,22,27H,5-6,8H2,1-4H3,(H,21,24)(H,23,26)/t10?,11-/m0/s1. The number of anilines is 1. The maximum atomic E-state index is 12.6. The first kappa shape index (κ1) is 21.0. The molecule has 1 amide bonds. The van der Waals surface area contributed by atoms with Crippen LogP contribution in [0.5, 0.6) is 0 Å². The van der Waals surface area contributed by atoms with Crippen LogP contribution in [0.2, 0.25) is 10.0 Å². The van der Waals surface area contributed by atoms with E-state index in [1.807, 2.05) is 0 Å². The molecule has 1 aliphatic rings. The molecule has 2 aromatic rings. The number of aromatic nitrogens is 3. The largest absolute Gasteiger partial charge is 0.383 e. The number of ether oxygens (including phenoxy) is 1. The van der Waals surface area contributed by atoms with E-state index in [4.69, 9.17) is 27.9 Å². The van der Waals surface area contributed by atoms with Crippen LogP contribution < -0.4 is 10.2 Å². The number of nitrogens with one attached hydrogen (secondary N) is 3. The summed E-state index contributed by atoms with van der Waals surface area (Å²) in [6, 6.07) is -0.177. The number of aliphatic hydroxyl groups is 1. The van der Waals surface area contributed by atoms with Crippen LogP contribution in [0.25, 0.3) is 0 Å². The van der Waals surface area contributed by atoms with E-state index in [0.29, 0.717) is 36.1 Å². The van der Waals surface area contributed by atoms with Crippen molar-refractivity contribution in [2.45, 2.75) is 44.9 Å². The SMILES string of the molecule is CO[C@H]1CN(c2cnc(C(C)(C)O)[nH]2)CCC1NC(=O)c1[nH]c(C)c(Cl)c1Cl. The number of piperidine rings is 1. The lowest BCUT2D eigenvalue weighted by atomic mass is 10.0. The number of hydrogen-bond acceptors (Lipinski definition) is 5. The summed E-state index contributed by atoms with van der Waals surface area (Å²) in [7, 11) is 1.62.